The van der Waals surface area contributed by atoms with Crippen LogP contribution in [0, 0.1) is 5.82 Å². The first kappa shape index (κ1) is 12.0. The zero-order valence-corrected chi connectivity index (χ0v) is 10.2. The van der Waals surface area contributed by atoms with Gasteiger partial charge < -0.3 is 9.73 Å². The fourth-order valence-corrected chi connectivity index (χ4v) is 1.92. The van der Waals surface area contributed by atoms with Crippen LogP contribution in [0.4, 0.5) is 10.1 Å². The standard InChI is InChI=1S/C13H13ClFNO/c1-2-12(13-4-3-5-17-13)16-11-7-9(14)6-10(15)8-11/h3-8,12,16H,2H2,1H3. The van der Waals surface area contributed by atoms with E-state index in [1.54, 1.807) is 12.3 Å². The number of anilines is 1. The Bertz CT molecular complexity index is 464. The molecule has 1 aromatic carbocycles. The molecular formula is C13H13ClFNO. The maximum absolute atomic E-state index is 13.2. The van der Waals surface area contributed by atoms with Gasteiger partial charge in [0.05, 0.1) is 12.3 Å². The highest BCUT2D eigenvalue weighted by molar-refractivity contribution is 6.30. The molecule has 2 rings (SSSR count). The van der Waals surface area contributed by atoms with E-state index in [4.69, 9.17) is 16.0 Å². The molecule has 90 valence electrons. The predicted octanol–water partition coefficient (Wildman–Crippen LogP) is 4.64. The van der Waals surface area contributed by atoms with Gasteiger partial charge >= 0.3 is 0 Å². The van der Waals surface area contributed by atoms with E-state index in [0.29, 0.717) is 10.7 Å². The highest BCUT2D eigenvalue weighted by Crippen LogP contribution is 2.25. The first-order chi connectivity index (χ1) is 8.19. The lowest BCUT2D eigenvalue weighted by molar-refractivity contribution is 0.474. The summed E-state index contributed by atoms with van der Waals surface area (Å²) in [7, 11) is 0. The molecule has 1 unspecified atom stereocenters. The van der Waals surface area contributed by atoms with Crippen LogP contribution in [0.25, 0.3) is 0 Å². The number of halogens is 2. The Morgan fingerprint density at radius 2 is 2.24 bits per heavy atom. The maximum atomic E-state index is 13.2. The Morgan fingerprint density at radius 1 is 1.41 bits per heavy atom. The molecule has 2 nitrogen and oxygen atoms in total. The lowest BCUT2D eigenvalue weighted by Gasteiger charge is -2.16. The molecule has 4 heteroatoms. The Morgan fingerprint density at radius 3 is 2.82 bits per heavy atom. The molecule has 1 N–H and O–H groups in total. The van der Waals surface area contributed by atoms with Crippen LogP contribution in [0.5, 0.6) is 0 Å². The fraction of sp³-hybridized carbons (Fsp3) is 0.231. The third-order valence-electron chi connectivity index (χ3n) is 2.50. The maximum Gasteiger partial charge on any atom is 0.126 e. The second-order valence-corrected chi connectivity index (χ2v) is 4.22. The average Bonchev–Trinajstić information content (AvgIpc) is 2.77. The lowest BCUT2D eigenvalue weighted by atomic mass is 10.1. The van der Waals surface area contributed by atoms with Crippen molar-refractivity contribution in [3.63, 3.8) is 0 Å². The first-order valence-corrected chi connectivity index (χ1v) is 5.83. The van der Waals surface area contributed by atoms with Crippen molar-refractivity contribution in [1.29, 1.82) is 0 Å². The van der Waals surface area contributed by atoms with Gasteiger partial charge in [0, 0.05) is 10.7 Å². The van der Waals surface area contributed by atoms with E-state index in [9.17, 15) is 4.39 Å². The van der Waals surface area contributed by atoms with Crippen molar-refractivity contribution in [2.45, 2.75) is 19.4 Å². The van der Waals surface area contributed by atoms with E-state index in [1.165, 1.54) is 12.1 Å². The minimum atomic E-state index is -0.353. The highest BCUT2D eigenvalue weighted by Gasteiger charge is 2.12. The number of nitrogens with one attached hydrogen (secondary N) is 1. The molecule has 1 atom stereocenters. The van der Waals surface area contributed by atoms with E-state index in [0.717, 1.165) is 12.2 Å². The van der Waals surface area contributed by atoms with Crippen molar-refractivity contribution in [3.05, 3.63) is 53.2 Å². The van der Waals surface area contributed by atoms with Crippen LogP contribution in [0.3, 0.4) is 0 Å². The third-order valence-corrected chi connectivity index (χ3v) is 2.72. The van der Waals surface area contributed by atoms with Gasteiger partial charge in [0.15, 0.2) is 0 Å². The van der Waals surface area contributed by atoms with Crippen molar-refractivity contribution in [2.24, 2.45) is 0 Å². The number of benzene rings is 1. The van der Waals surface area contributed by atoms with Crippen molar-refractivity contribution in [1.82, 2.24) is 0 Å². The van der Waals surface area contributed by atoms with E-state index in [1.807, 2.05) is 19.1 Å². The molecule has 0 spiro atoms. The largest absolute Gasteiger partial charge is 0.467 e. The van der Waals surface area contributed by atoms with Gasteiger partial charge in [0.25, 0.3) is 0 Å². The molecule has 0 amide bonds. The Balaban J connectivity index is 2.18. The smallest absolute Gasteiger partial charge is 0.126 e. The monoisotopic (exact) mass is 253 g/mol. The van der Waals surface area contributed by atoms with Gasteiger partial charge in [-0.25, -0.2) is 4.39 Å². The molecule has 1 heterocycles. The molecule has 0 aliphatic heterocycles. The molecule has 0 radical (unpaired) electrons. The summed E-state index contributed by atoms with van der Waals surface area (Å²) in [5.41, 5.74) is 0.651. The minimum absolute atomic E-state index is 0.0165. The van der Waals surface area contributed by atoms with E-state index < -0.39 is 0 Å². The van der Waals surface area contributed by atoms with Crippen molar-refractivity contribution < 1.29 is 8.81 Å². The van der Waals surface area contributed by atoms with Crippen LogP contribution in [0.2, 0.25) is 5.02 Å². The second-order valence-electron chi connectivity index (χ2n) is 3.78. The van der Waals surface area contributed by atoms with Gasteiger partial charge in [-0.15, -0.1) is 0 Å². The minimum Gasteiger partial charge on any atom is -0.467 e. The summed E-state index contributed by atoms with van der Waals surface area (Å²) in [6, 6.07) is 8.12. The highest BCUT2D eigenvalue weighted by atomic mass is 35.5. The van der Waals surface area contributed by atoms with Crippen LogP contribution < -0.4 is 5.32 Å². The molecule has 1 aromatic heterocycles. The van der Waals surface area contributed by atoms with Crippen LogP contribution in [0.15, 0.2) is 41.0 Å². The topological polar surface area (TPSA) is 25.2 Å². The van der Waals surface area contributed by atoms with Crippen molar-refractivity contribution in [2.75, 3.05) is 5.32 Å². The SMILES string of the molecule is CCC(Nc1cc(F)cc(Cl)c1)c1ccco1. The van der Waals surface area contributed by atoms with Crippen molar-refractivity contribution in [3.8, 4) is 0 Å². The Kier molecular flexibility index (Phi) is 3.69. The van der Waals surface area contributed by atoms with E-state index in [-0.39, 0.29) is 11.9 Å². The van der Waals surface area contributed by atoms with Gasteiger partial charge in [-0.2, -0.15) is 0 Å². The molecular weight excluding hydrogens is 241 g/mol. The van der Waals surface area contributed by atoms with Crippen LogP contribution in [-0.4, -0.2) is 0 Å². The van der Waals surface area contributed by atoms with Crippen LogP contribution in [-0.2, 0) is 0 Å². The first-order valence-electron chi connectivity index (χ1n) is 5.45. The summed E-state index contributed by atoms with van der Waals surface area (Å²) < 4.78 is 18.5. The van der Waals surface area contributed by atoms with Gasteiger partial charge in [-0.3, -0.25) is 0 Å². The third kappa shape index (κ3) is 3.01. The van der Waals surface area contributed by atoms with Gasteiger partial charge in [-0.1, -0.05) is 18.5 Å². The summed E-state index contributed by atoms with van der Waals surface area (Å²) in [5, 5.41) is 3.57. The molecule has 2 aromatic rings. The zero-order chi connectivity index (χ0) is 12.3. The van der Waals surface area contributed by atoms with Crippen LogP contribution in [0.1, 0.15) is 25.1 Å². The molecule has 0 saturated carbocycles. The Hall–Kier alpha value is -1.48. The lowest BCUT2D eigenvalue weighted by Crippen LogP contribution is -2.08. The molecule has 0 bridgehead atoms. The van der Waals surface area contributed by atoms with E-state index >= 15 is 0 Å². The summed E-state index contributed by atoms with van der Waals surface area (Å²) in [6.07, 6.45) is 2.46. The number of rotatable bonds is 4. The second kappa shape index (κ2) is 5.23. The van der Waals surface area contributed by atoms with E-state index in [2.05, 4.69) is 5.32 Å². The molecule has 0 fully saturated rings. The summed E-state index contributed by atoms with van der Waals surface area (Å²) >= 11 is 5.80. The average molecular weight is 254 g/mol. The number of furan rings is 1. The van der Waals surface area contributed by atoms with Gasteiger partial charge in [-0.05, 0) is 36.8 Å². The number of hydrogen-bond donors (Lipinski definition) is 1. The fourth-order valence-electron chi connectivity index (χ4n) is 1.70. The zero-order valence-electron chi connectivity index (χ0n) is 9.41. The molecule has 0 saturated heterocycles. The quantitative estimate of drug-likeness (QED) is 0.859. The summed E-state index contributed by atoms with van der Waals surface area (Å²) in [5.74, 6) is 0.474. The van der Waals surface area contributed by atoms with Crippen LogP contribution >= 0.6 is 11.6 Å². The normalized spacial score (nSPS) is 12.4. The van der Waals surface area contributed by atoms with Gasteiger partial charge in [0.2, 0.25) is 0 Å². The molecule has 0 aliphatic carbocycles. The number of hydrogen-bond acceptors (Lipinski definition) is 2. The summed E-state index contributed by atoms with van der Waals surface area (Å²) in [6.45, 7) is 2.03. The molecule has 17 heavy (non-hydrogen) atoms. The molecule has 0 aliphatic rings. The van der Waals surface area contributed by atoms with Crippen molar-refractivity contribution >= 4 is 17.3 Å². The van der Waals surface area contributed by atoms with Gasteiger partial charge in [0.1, 0.15) is 11.6 Å². The summed E-state index contributed by atoms with van der Waals surface area (Å²) in [4.78, 5) is 0. The Labute approximate surface area is 104 Å². The predicted molar refractivity (Wildman–Crippen MR) is 66.8 cm³/mol.